The Bertz CT molecular complexity index is 2130. The van der Waals surface area contributed by atoms with E-state index in [1.54, 1.807) is 30.3 Å². The molecule has 2 saturated heterocycles. The van der Waals surface area contributed by atoms with Crippen LogP contribution in [-0.2, 0) is 15.7 Å². The molecule has 2 N–H and O–H groups in total. The number of aromatic nitrogens is 3. The number of carbonyl (C=O) groups is 4. The molecule has 2 aromatic heterocycles. The molecule has 1 aliphatic carbocycles. The highest BCUT2D eigenvalue weighted by molar-refractivity contribution is 6.34. The predicted octanol–water partition coefficient (Wildman–Crippen LogP) is 7.11. The van der Waals surface area contributed by atoms with Gasteiger partial charge in [0.05, 0.1) is 35.1 Å². The minimum atomic E-state index is -4.67. The zero-order valence-corrected chi connectivity index (χ0v) is 31.4. The fraction of sp³-hybridized carbons (Fsp3) is 0.436. The van der Waals surface area contributed by atoms with Crippen molar-refractivity contribution in [3.63, 3.8) is 0 Å². The van der Waals surface area contributed by atoms with Gasteiger partial charge in [-0.15, -0.1) is 0 Å². The fourth-order valence-corrected chi connectivity index (χ4v) is 7.76. The zero-order chi connectivity index (χ0) is 39.6. The number of pyridine rings is 1. The Morgan fingerprint density at radius 2 is 1.70 bits per heavy atom. The van der Waals surface area contributed by atoms with Crippen molar-refractivity contribution in [1.29, 1.82) is 0 Å². The van der Waals surface area contributed by atoms with Gasteiger partial charge in [0.1, 0.15) is 17.1 Å². The number of hydrogen-bond acceptors (Lipinski definition) is 8. The van der Waals surface area contributed by atoms with E-state index in [-0.39, 0.29) is 36.5 Å². The summed E-state index contributed by atoms with van der Waals surface area (Å²) in [5.41, 5.74) is 0.275. The van der Waals surface area contributed by atoms with Crippen LogP contribution < -0.4 is 20.3 Å². The maximum atomic E-state index is 13.4. The molecule has 4 heterocycles. The molecular weight excluding hydrogens is 755 g/mol. The Morgan fingerprint density at radius 1 is 0.964 bits per heavy atom. The summed E-state index contributed by atoms with van der Waals surface area (Å²) in [6, 6.07) is 11.0. The number of amides is 5. The van der Waals surface area contributed by atoms with Gasteiger partial charge in [0.25, 0.3) is 11.8 Å². The van der Waals surface area contributed by atoms with Gasteiger partial charge in [0.2, 0.25) is 5.91 Å². The van der Waals surface area contributed by atoms with E-state index in [9.17, 15) is 32.3 Å². The highest BCUT2D eigenvalue weighted by atomic mass is 35.5. The minimum Gasteiger partial charge on any atom is -0.494 e. The Hall–Kier alpha value is -5.22. The Balaban J connectivity index is 0.864. The molecule has 7 rings (SSSR count). The SMILES string of the molecule is COc1cc2nn([C@H]3CC[C@H](COCC4CCN(C(=O)c5ccc(Cl)c(N6CCC(=O)NC6=O)c5)CC4)CC3)cc2cc1NC(=O)c1cccc(C(F)(F)F)n1. The average Bonchev–Trinajstić information content (AvgIpc) is 3.61. The summed E-state index contributed by atoms with van der Waals surface area (Å²) in [7, 11) is 1.44. The number of halogens is 4. The molecule has 296 valence electrons. The normalized spacial score (nSPS) is 19.6. The molecule has 3 fully saturated rings. The fourth-order valence-electron chi connectivity index (χ4n) is 7.54. The molecule has 4 aromatic rings. The number of methoxy groups -OCH3 is 1. The molecule has 2 aromatic carbocycles. The summed E-state index contributed by atoms with van der Waals surface area (Å²) in [4.78, 5) is 56.8. The van der Waals surface area contributed by atoms with Crippen LogP contribution in [0.5, 0.6) is 5.75 Å². The molecule has 0 radical (unpaired) electrons. The third-order valence-electron chi connectivity index (χ3n) is 10.7. The number of hydrogen-bond donors (Lipinski definition) is 2. The van der Waals surface area contributed by atoms with E-state index >= 15 is 0 Å². The standard InChI is InChI=1S/C39H41ClF3N7O6/c1-55-33-19-30-26(17-31(33)45-36(52)29-3-2-4-34(44-29)39(41,42)43)20-50(47-30)27-8-5-23(6-9-27)21-56-22-24-11-14-48(15-12-24)37(53)25-7-10-28(40)32(18-25)49-16-13-35(51)46-38(49)54/h2-4,7,10,17-20,23-24,27H,5-6,8-9,11-16,21-22H2,1H3,(H,45,52)(H,46,51,54)/t23-,27-. The van der Waals surface area contributed by atoms with E-state index in [2.05, 4.69) is 15.6 Å². The largest absolute Gasteiger partial charge is 0.494 e. The molecule has 1 saturated carbocycles. The second-order valence-electron chi connectivity index (χ2n) is 14.4. The van der Waals surface area contributed by atoms with E-state index in [4.69, 9.17) is 26.2 Å². The van der Waals surface area contributed by atoms with Crippen LogP contribution in [-0.4, -0.2) is 83.4 Å². The summed E-state index contributed by atoms with van der Waals surface area (Å²) >= 11 is 6.36. The summed E-state index contributed by atoms with van der Waals surface area (Å²) in [5.74, 6) is -0.183. The Kier molecular flexibility index (Phi) is 11.5. The van der Waals surface area contributed by atoms with Crippen LogP contribution >= 0.6 is 11.6 Å². The molecule has 0 unspecified atom stereocenters. The monoisotopic (exact) mass is 795 g/mol. The number of alkyl halides is 3. The van der Waals surface area contributed by atoms with Crippen LogP contribution in [0.2, 0.25) is 5.02 Å². The first-order valence-electron chi connectivity index (χ1n) is 18.6. The van der Waals surface area contributed by atoms with Crippen molar-refractivity contribution in [2.75, 3.05) is 50.2 Å². The number of anilines is 2. The van der Waals surface area contributed by atoms with Gasteiger partial charge in [-0.2, -0.15) is 18.3 Å². The van der Waals surface area contributed by atoms with Crippen molar-refractivity contribution in [2.45, 2.75) is 57.2 Å². The molecule has 2 aliphatic heterocycles. The van der Waals surface area contributed by atoms with Gasteiger partial charge in [-0.05, 0) is 86.8 Å². The highest BCUT2D eigenvalue weighted by Gasteiger charge is 2.33. The number of likely N-dealkylation sites (tertiary alicyclic amines) is 1. The van der Waals surface area contributed by atoms with Crippen LogP contribution in [0, 0.1) is 11.8 Å². The van der Waals surface area contributed by atoms with Crippen molar-refractivity contribution >= 4 is 57.6 Å². The van der Waals surface area contributed by atoms with Gasteiger partial charge in [-0.1, -0.05) is 17.7 Å². The third-order valence-corrected chi connectivity index (χ3v) is 11.0. The number of fused-ring (bicyclic) bond motifs is 1. The maximum absolute atomic E-state index is 13.4. The Labute approximate surface area is 325 Å². The Morgan fingerprint density at radius 3 is 2.39 bits per heavy atom. The number of piperidine rings is 1. The molecular formula is C39H41ClF3N7O6. The smallest absolute Gasteiger partial charge is 0.433 e. The number of carbonyl (C=O) groups excluding carboxylic acids is 4. The number of rotatable bonds is 10. The molecule has 0 bridgehead atoms. The second kappa shape index (κ2) is 16.5. The van der Waals surface area contributed by atoms with Crippen molar-refractivity contribution in [3.8, 4) is 5.75 Å². The lowest BCUT2D eigenvalue weighted by molar-refractivity contribution is -0.141. The van der Waals surface area contributed by atoms with Gasteiger partial charge >= 0.3 is 12.2 Å². The first kappa shape index (κ1) is 39.0. The van der Waals surface area contributed by atoms with Gasteiger partial charge in [0.15, 0.2) is 0 Å². The topological polar surface area (TPSA) is 148 Å². The summed E-state index contributed by atoms with van der Waals surface area (Å²) < 4.78 is 53.0. The summed E-state index contributed by atoms with van der Waals surface area (Å²) in [6.07, 6.45) is 2.81. The lowest BCUT2D eigenvalue weighted by Crippen LogP contribution is -2.49. The van der Waals surface area contributed by atoms with E-state index in [1.165, 1.54) is 18.1 Å². The number of benzene rings is 2. The van der Waals surface area contributed by atoms with Crippen molar-refractivity contribution in [3.05, 3.63) is 76.7 Å². The van der Waals surface area contributed by atoms with Crippen LogP contribution in [0.15, 0.2) is 54.7 Å². The zero-order valence-electron chi connectivity index (χ0n) is 30.6. The summed E-state index contributed by atoms with van der Waals surface area (Å²) in [6.45, 7) is 2.68. The van der Waals surface area contributed by atoms with Crippen LogP contribution in [0.3, 0.4) is 0 Å². The van der Waals surface area contributed by atoms with E-state index in [1.807, 2.05) is 15.8 Å². The molecule has 3 aliphatic rings. The number of imide groups is 1. The predicted molar refractivity (Wildman–Crippen MR) is 201 cm³/mol. The van der Waals surface area contributed by atoms with Gasteiger partial charge in [0, 0.05) is 62.5 Å². The van der Waals surface area contributed by atoms with E-state index in [0.29, 0.717) is 71.4 Å². The van der Waals surface area contributed by atoms with Crippen molar-refractivity contribution in [1.82, 2.24) is 25.0 Å². The maximum Gasteiger partial charge on any atom is 0.433 e. The minimum absolute atomic E-state index is 0.129. The van der Waals surface area contributed by atoms with Gasteiger partial charge in [-0.3, -0.25) is 29.3 Å². The molecule has 56 heavy (non-hydrogen) atoms. The second-order valence-corrected chi connectivity index (χ2v) is 14.9. The van der Waals surface area contributed by atoms with Crippen LogP contribution in [0.4, 0.5) is 29.3 Å². The quantitative estimate of drug-likeness (QED) is 0.173. The number of urea groups is 1. The summed E-state index contributed by atoms with van der Waals surface area (Å²) in [5, 5.41) is 10.8. The third kappa shape index (κ3) is 8.76. The molecule has 13 nitrogen and oxygen atoms in total. The lowest BCUT2D eigenvalue weighted by atomic mass is 9.86. The lowest BCUT2D eigenvalue weighted by Gasteiger charge is -2.33. The van der Waals surface area contributed by atoms with Crippen molar-refractivity contribution in [2.24, 2.45) is 11.8 Å². The van der Waals surface area contributed by atoms with Gasteiger partial charge in [-0.25, -0.2) is 9.78 Å². The van der Waals surface area contributed by atoms with Crippen LogP contribution in [0.25, 0.3) is 10.9 Å². The average molecular weight is 796 g/mol. The van der Waals surface area contributed by atoms with E-state index < -0.39 is 23.8 Å². The number of nitrogens with one attached hydrogen (secondary N) is 2. The van der Waals surface area contributed by atoms with E-state index in [0.717, 1.165) is 56.0 Å². The molecule has 0 atom stereocenters. The van der Waals surface area contributed by atoms with Crippen molar-refractivity contribution < 1.29 is 41.8 Å². The molecule has 17 heteroatoms. The van der Waals surface area contributed by atoms with Crippen LogP contribution in [0.1, 0.15) is 77.5 Å². The van der Waals surface area contributed by atoms with Gasteiger partial charge < -0.3 is 19.7 Å². The first-order valence-corrected chi connectivity index (χ1v) is 18.9. The molecule has 0 spiro atoms. The first-order chi connectivity index (χ1) is 26.9. The molecule has 5 amide bonds. The number of ether oxygens (including phenoxy) is 2. The number of nitrogens with zero attached hydrogens (tertiary/aromatic N) is 5. The highest BCUT2D eigenvalue weighted by Crippen LogP contribution is 2.36.